The topological polar surface area (TPSA) is 53.0 Å². The second kappa shape index (κ2) is 3.98. The van der Waals surface area contributed by atoms with E-state index in [2.05, 4.69) is 0 Å². The molecule has 0 saturated carbocycles. The van der Waals surface area contributed by atoms with Crippen molar-refractivity contribution in [2.24, 2.45) is 0 Å². The molecule has 1 aromatic heterocycles. The molecule has 16 heavy (non-hydrogen) atoms. The molecular formula is C11H8ClFN2O. The van der Waals surface area contributed by atoms with Gasteiger partial charge >= 0.3 is 0 Å². The van der Waals surface area contributed by atoms with Gasteiger partial charge in [-0.25, -0.2) is 4.39 Å². The van der Waals surface area contributed by atoms with Crippen LogP contribution in [0.1, 0.15) is 0 Å². The van der Waals surface area contributed by atoms with E-state index in [1.807, 2.05) is 0 Å². The molecule has 2 rings (SSSR count). The van der Waals surface area contributed by atoms with Gasteiger partial charge in [0.05, 0.1) is 10.6 Å². The first kappa shape index (κ1) is 10.7. The van der Waals surface area contributed by atoms with Crippen LogP contribution in [0.3, 0.4) is 0 Å². The van der Waals surface area contributed by atoms with Crippen LogP contribution >= 0.6 is 11.6 Å². The molecule has 0 radical (unpaired) electrons. The third kappa shape index (κ3) is 1.79. The van der Waals surface area contributed by atoms with Crippen LogP contribution in [0.15, 0.2) is 36.5 Å². The maximum absolute atomic E-state index is 12.9. The van der Waals surface area contributed by atoms with Crippen molar-refractivity contribution in [2.75, 3.05) is 5.73 Å². The van der Waals surface area contributed by atoms with Gasteiger partial charge in [-0.1, -0.05) is 11.6 Å². The van der Waals surface area contributed by atoms with E-state index in [-0.39, 0.29) is 10.7 Å². The zero-order valence-electron chi connectivity index (χ0n) is 8.15. The first-order chi connectivity index (χ1) is 7.59. The highest BCUT2D eigenvalue weighted by Gasteiger charge is 2.16. The summed E-state index contributed by atoms with van der Waals surface area (Å²) in [6.07, 6.45) is 1.31. The predicted molar refractivity (Wildman–Crippen MR) is 60.2 cm³/mol. The van der Waals surface area contributed by atoms with Crippen LogP contribution in [0.2, 0.25) is 5.02 Å². The smallest absolute Gasteiger partial charge is 0.248 e. The Kier molecular flexibility index (Phi) is 2.66. The Hall–Kier alpha value is -1.81. The second-order valence-corrected chi connectivity index (χ2v) is 3.67. The Balaban J connectivity index is 2.68. The lowest BCUT2D eigenvalue weighted by Gasteiger charge is -2.08. The molecule has 0 spiro atoms. The Morgan fingerprint density at radius 2 is 2.06 bits per heavy atom. The second-order valence-electron chi connectivity index (χ2n) is 3.26. The minimum atomic E-state index is -0.458. The first-order valence-electron chi connectivity index (χ1n) is 4.52. The van der Waals surface area contributed by atoms with E-state index in [0.29, 0.717) is 16.0 Å². The number of hydrogen-bond acceptors (Lipinski definition) is 2. The molecule has 0 fully saturated rings. The molecule has 0 unspecified atom stereocenters. The van der Waals surface area contributed by atoms with Crippen LogP contribution in [0.5, 0.6) is 0 Å². The maximum Gasteiger partial charge on any atom is 0.248 e. The van der Waals surface area contributed by atoms with Gasteiger partial charge in [0, 0.05) is 6.07 Å². The van der Waals surface area contributed by atoms with Crippen molar-refractivity contribution >= 4 is 17.3 Å². The molecule has 3 nitrogen and oxygen atoms in total. The van der Waals surface area contributed by atoms with Crippen LogP contribution in [-0.2, 0) is 0 Å². The number of aromatic nitrogens is 1. The van der Waals surface area contributed by atoms with Crippen molar-refractivity contribution in [3.8, 4) is 11.3 Å². The minimum absolute atomic E-state index is 0.155. The molecule has 2 aromatic rings. The zero-order chi connectivity index (χ0) is 11.7. The van der Waals surface area contributed by atoms with E-state index in [9.17, 15) is 9.60 Å². The number of anilines is 1. The number of halogens is 2. The van der Waals surface area contributed by atoms with Gasteiger partial charge in [-0.2, -0.15) is 4.73 Å². The molecule has 0 atom stereocenters. The normalized spacial score (nSPS) is 10.4. The van der Waals surface area contributed by atoms with Crippen molar-refractivity contribution < 1.29 is 9.12 Å². The highest BCUT2D eigenvalue weighted by molar-refractivity contribution is 6.33. The highest BCUT2D eigenvalue weighted by Crippen LogP contribution is 2.29. The summed E-state index contributed by atoms with van der Waals surface area (Å²) in [5.41, 5.74) is 6.63. The van der Waals surface area contributed by atoms with Gasteiger partial charge in [0.25, 0.3) is 0 Å². The SMILES string of the molecule is Nc1ccc[n+]([O-])c1-c1ccc(F)cc1Cl. The molecule has 1 aromatic carbocycles. The van der Waals surface area contributed by atoms with E-state index in [4.69, 9.17) is 17.3 Å². The summed E-state index contributed by atoms with van der Waals surface area (Å²) < 4.78 is 13.5. The third-order valence-corrected chi connectivity index (χ3v) is 2.49. The van der Waals surface area contributed by atoms with Crippen molar-refractivity contribution in [1.29, 1.82) is 0 Å². The highest BCUT2D eigenvalue weighted by atomic mass is 35.5. The number of pyridine rings is 1. The molecule has 1 heterocycles. The van der Waals surface area contributed by atoms with E-state index in [1.54, 1.807) is 6.07 Å². The number of rotatable bonds is 1. The van der Waals surface area contributed by atoms with Crippen LogP contribution < -0.4 is 10.5 Å². The van der Waals surface area contributed by atoms with Crippen LogP contribution in [0.4, 0.5) is 10.1 Å². The zero-order valence-corrected chi connectivity index (χ0v) is 8.91. The lowest BCUT2D eigenvalue weighted by atomic mass is 10.1. The van der Waals surface area contributed by atoms with Gasteiger partial charge in [0.2, 0.25) is 5.69 Å². The summed E-state index contributed by atoms with van der Waals surface area (Å²) in [5, 5.41) is 11.7. The summed E-state index contributed by atoms with van der Waals surface area (Å²) in [6.45, 7) is 0. The molecule has 2 N–H and O–H groups in total. The first-order valence-corrected chi connectivity index (χ1v) is 4.90. The molecule has 5 heteroatoms. The van der Waals surface area contributed by atoms with Crippen molar-refractivity contribution in [1.82, 2.24) is 0 Å². The maximum atomic E-state index is 12.9. The quantitative estimate of drug-likeness (QED) is 0.613. The molecule has 0 aliphatic heterocycles. The molecule has 0 bridgehead atoms. The molecule has 0 saturated heterocycles. The lowest BCUT2D eigenvalue weighted by molar-refractivity contribution is -0.593. The van der Waals surface area contributed by atoms with E-state index in [1.165, 1.54) is 24.4 Å². The Morgan fingerprint density at radius 1 is 1.31 bits per heavy atom. The average Bonchev–Trinajstić information content (AvgIpc) is 2.20. The predicted octanol–water partition coefficient (Wildman–Crippen LogP) is 2.36. The van der Waals surface area contributed by atoms with Crippen LogP contribution in [0, 0.1) is 11.0 Å². The van der Waals surface area contributed by atoms with Gasteiger partial charge in [-0.3, -0.25) is 0 Å². The van der Waals surface area contributed by atoms with Crippen LogP contribution in [-0.4, -0.2) is 0 Å². The number of nitrogens with two attached hydrogens (primary N) is 1. The molecule has 82 valence electrons. The Bertz CT molecular complexity index is 525. The van der Waals surface area contributed by atoms with Gasteiger partial charge < -0.3 is 10.9 Å². The monoisotopic (exact) mass is 238 g/mol. The Morgan fingerprint density at radius 3 is 2.69 bits per heavy atom. The molecule has 0 aliphatic rings. The van der Waals surface area contributed by atoms with Gasteiger partial charge in [0.15, 0.2) is 6.20 Å². The minimum Gasteiger partial charge on any atom is -0.618 e. The van der Waals surface area contributed by atoms with Crippen molar-refractivity contribution in [3.63, 3.8) is 0 Å². The molecular weight excluding hydrogens is 231 g/mol. The van der Waals surface area contributed by atoms with Gasteiger partial charge in [-0.15, -0.1) is 0 Å². The number of hydrogen-bond donors (Lipinski definition) is 1. The summed E-state index contributed by atoms with van der Waals surface area (Å²) in [5.74, 6) is -0.458. The Labute approximate surface area is 96.5 Å². The fourth-order valence-electron chi connectivity index (χ4n) is 1.46. The summed E-state index contributed by atoms with van der Waals surface area (Å²) >= 11 is 5.86. The number of nitrogen functional groups attached to an aromatic ring is 1. The van der Waals surface area contributed by atoms with Crippen molar-refractivity contribution in [3.05, 3.63) is 52.6 Å². The lowest BCUT2D eigenvalue weighted by Crippen LogP contribution is -2.29. The van der Waals surface area contributed by atoms with E-state index in [0.717, 1.165) is 6.07 Å². The number of benzene rings is 1. The van der Waals surface area contributed by atoms with Crippen LogP contribution in [0.25, 0.3) is 11.3 Å². The number of nitrogens with zero attached hydrogens (tertiary/aromatic N) is 1. The standard InChI is InChI=1S/C11H8ClFN2O/c12-9-6-7(13)3-4-8(9)11-10(14)2-1-5-15(11)16/h1-6H,14H2. The average molecular weight is 239 g/mol. The molecule has 0 amide bonds. The largest absolute Gasteiger partial charge is 0.618 e. The van der Waals surface area contributed by atoms with E-state index < -0.39 is 5.82 Å². The fraction of sp³-hybridized carbons (Fsp3) is 0. The third-order valence-electron chi connectivity index (χ3n) is 2.18. The fourth-order valence-corrected chi connectivity index (χ4v) is 1.72. The van der Waals surface area contributed by atoms with Crippen molar-refractivity contribution in [2.45, 2.75) is 0 Å². The van der Waals surface area contributed by atoms with E-state index >= 15 is 0 Å². The van der Waals surface area contributed by atoms with Gasteiger partial charge in [0.1, 0.15) is 11.5 Å². The summed E-state index contributed by atoms with van der Waals surface area (Å²) in [7, 11) is 0. The summed E-state index contributed by atoms with van der Waals surface area (Å²) in [6, 6.07) is 6.92. The summed E-state index contributed by atoms with van der Waals surface area (Å²) in [4.78, 5) is 0. The van der Waals surface area contributed by atoms with Gasteiger partial charge in [-0.05, 0) is 24.3 Å². The molecule has 0 aliphatic carbocycles.